The Morgan fingerprint density at radius 2 is 2.00 bits per heavy atom. The number of piperidine rings is 1. The number of nitrogens with two attached hydrogens (primary N) is 1. The zero-order chi connectivity index (χ0) is 12.4. The molecule has 3 nitrogen and oxygen atoms in total. The predicted octanol–water partition coefficient (Wildman–Crippen LogP) is 1.74. The first kappa shape index (κ1) is 12.1. The van der Waals surface area contributed by atoms with Crippen LogP contribution >= 0.6 is 0 Å². The van der Waals surface area contributed by atoms with Crippen LogP contribution in [0.3, 0.4) is 0 Å². The van der Waals surface area contributed by atoms with Crippen LogP contribution in [0.5, 0.6) is 0 Å². The smallest absolute Gasteiger partial charge is 0.239 e. The molecule has 3 atom stereocenters. The molecule has 1 fully saturated rings. The van der Waals surface area contributed by atoms with Crippen LogP contribution < -0.4 is 5.73 Å². The van der Waals surface area contributed by atoms with Gasteiger partial charge in [0.15, 0.2) is 0 Å². The summed E-state index contributed by atoms with van der Waals surface area (Å²) < 4.78 is 0. The molecule has 1 aromatic rings. The van der Waals surface area contributed by atoms with E-state index in [1.54, 1.807) is 0 Å². The number of hydrogen-bond donors (Lipinski definition) is 1. The van der Waals surface area contributed by atoms with Gasteiger partial charge >= 0.3 is 0 Å². The fraction of sp³-hybridized carbons (Fsp3) is 0.500. The number of amides is 1. The van der Waals surface area contributed by atoms with E-state index in [0.29, 0.717) is 5.92 Å². The van der Waals surface area contributed by atoms with Crippen molar-refractivity contribution in [3.63, 3.8) is 0 Å². The molecule has 1 saturated heterocycles. The molecule has 2 N–H and O–H groups in total. The monoisotopic (exact) mass is 232 g/mol. The SMILES string of the molecule is CCN1C(=O)[C@@H](N)CC(c2ccccc2)[C@H]1C. The van der Waals surface area contributed by atoms with E-state index in [2.05, 4.69) is 19.1 Å². The first-order valence-corrected chi connectivity index (χ1v) is 6.26. The summed E-state index contributed by atoms with van der Waals surface area (Å²) in [4.78, 5) is 13.8. The van der Waals surface area contributed by atoms with E-state index in [4.69, 9.17) is 5.73 Å². The molecule has 1 heterocycles. The van der Waals surface area contributed by atoms with Crippen LogP contribution in [0.2, 0.25) is 0 Å². The van der Waals surface area contributed by atoms with E-state index in [0.717, 1.165) is 13.0 Å². The highest BCUT2D eigenvalue weighted by Gasteiger charge is 2.37. The average Bonchev–Trinajstić information content (AvgIpc) is 2.36. The first-order chi connectivity index (χ1) is 8.15. The van der Waals surface area contributed by atoms with Gasteiger partial charge in [-0.25, -0.2) is 0 Å². The molecular weight excluding hydrogens is 212 g/mol. The number of benzene rings is 1. The van der Waals surface area contributed by atoms with Crippen molar-refractivity contribution in [2.75, 3.05) is 6.54 Å². The topological polar surface area (TPSA) is 46.3 Å². The zero-order valence-corrected chi connectivity index (χ0v) is 10.5. The molecule has 0 aliphatic carbocycles. The Balaban J connectivity index is 2.27. The second kappa shape index (κ2) is 4.88. The Bertz CT molecular complexity index is 390. The predicted molar refractivity (Wildman–Crippen MR) is 68.6 cm³/mol. The van der Waals surface area contributed by atoms with Crippen molar-refractivity contribution in [2.45, 2.75) is 38.3 Å². The van der Waals surface area contributed by atoms with Crippen molar-refractivity contribution in [3.8, 4) is 0 Å². The molecule has 1 aliphatic heterocycles. The highest BCUT2D eigenvalue weighted by atomic mass is 16.2. The third-order valence-electron chi connectivity index (χ3n) is 3.75. The lowest BCUT2D eigenvalue weighted by Gasteiger charge is -2.41. The van der Waals surface area contributed by atoms with Crippen LogP contribution in [-0.2, 0) is 4.79 Å². The number of carbonyl (C=O) groups excluding carboxylic acids is 1. The lowest BCUT2D eigenvalue weighted by Crippen LogP contribution is -2.55. The summed E-state index contributed by atoms with van der Waals surface area (Å²) in [5, 5.41) is 0. The average molecular weight is 232 g/mol. The zero-order valence-electron chi connectivity index (χ0n) is 10.5. The van der Waals surface area contributed by atoms with Crippen LogP contribution in [-0.4, -0.2) is 29.4 Å². The van der Waals surface area contributed by atoms with Crippen LogP contribution in [0.15, 0.2) is 30.3 Å². The summed E-state index contributed by atoms with van der Waals surface area (Å²) in [5.41, 5.74) is 7.22. The van der Waals surface area contributed by atoms with Gasteiger partial charge in [-0.15, -0.1) is 0 Å². The summed E-state index contributed by atoms with van der Waals surface area (Å²) >= 11 is 0. The van der Waals surface area contributed by atoms with Gasteiger partial charge in [0.25, 0.3) is 0 Å². The number of rotatable bonds is 2. The summed E-state index contributed by atoms with van der Waals surface area (Å²) in [6, 6.07) is 10.2. The molecule has 1 unspecified atom stereocenters. The molecule has 1 aromatic carbocycles. The molecule has 1 amide bonds. The molecule has 0 aromatic heterocycles. The lowest BCUT2D eigenvalue weighted by atomic mass is 9.82. The van der Waals surface area contributed by atoms with E-state index in [9.17, 15) is 4.79 Å². The van der Waals surface area contributed by atoms with Crippen LogP contribution in [0.1, 0.15) is 31.7 Å². The Kier molecular flexibility index (Phi) is 3.48. The molecule has 92 valence electrons. The Morgan fingerprint density at radius 3 is 2.59 bits per heavy atom. The van der Waals surface area contributed by atoms with Crippen molar-refractivity contribution in [2.24, 2.45) is 5.73 Å². The van der Waals surface area contributed by atoms with Crippen molar-refractivity contribution < 1.29 is 4.79 Å². The first-order valence-electron chi connectivity index (χ1n) is 6.26. The molecule has 1 aliphatic rings. The van der Waals surface area contributed by atoms with Gasteiger partial charge in [0.05, 0.1) is 6.04 Å². The maximum absolute atomic E-state index is 11.9. The van der Waals surface area contributed by atoms with E-state index < -0.39 is 0 Å². The van der Waals surface area contributed by atoms with E-state index in [-0.39, 0.29) is 18.0 Å². The summed E-state index contributed by atoms with van der Waals surface area (Å²) in [6.45, 7) is 4.86. The van der Waals surface area contributed by atoms with Crippen molar-refractivity contribution in [1.29, 1.82) is 0 Å². The minimum Gasteiger partial charge on any atom is -0.338 e. The summed E-state index contributed by atoms with van der Waals surface area (Å²) in [6.07, 6.45) is 0.751. The van der Waals surface area contributed by atoms with Gasteiger partial charge < -0.3 is 10.6 Å². The number of likely N-dealkylation sites (tertiary alicyclic amines) is 1. The quantitative estimate of drug-likeness (QED) is 0.844. The largest absolute Gasteiger partial charge is 0.338 e. The standard InChI is InChI=1S/C14H20N2O/c1-3-16-10(2)12(9-13(15)14(16)17)11-7-5-4-6-8-11/h4-8,10,12-13H,3,9,15H2,1-2H3/t10-,12?,13+/m1/s1. The maximum Gasteiger partial charge on any atom is 0.239 e. The van der Waals surface area contributed by atoms with Gasteiger partial charge in [0, 0.05) is 18.5 Å². The molecule has 3 heteroatoms. The van der Waals surface area contributed by atoms with Crippen LogP contribution in [0.25, 0.3) is 0 Å². The third-order valence-corrected chi connectivity index (χ3v) is 3.75. The van der Waals surface area contributed by atoms with Gasteiger partial charge in [0.2, 0.25) is 5.91 Å². The Hall–Kier alpha value is -1.35. The molecule has 0 bridgehead atoms. The van der Waals surface area contributed by atoms with Crippen molar-refractivity contribution in [3.05, 3.63) is 35.9 Å². The van der Waals surface area contributed by atoms with Gasteiger partial charge in [-0.2, -0.15) is 0 Å². The number of nitrogens with zero attached hydrogens (tertiary/aromatic N) is 1. The van der Waals surface area contributed by atoms with Gasteiger partial charge in [0.1, 0.15) is 0 Å². The highest BCUT2D eigenvalue weighted by molar-refractivity contribution is 5.83. The molecule has 0 spiro atoms. The Morgan fingerprint density at radius 1 is 1.35 bits per heavy atom. The van der Waals surface area contributed by atoms with Gasteiger partial charge in [-0.1, -0.05) is 30.3 Å². The second-order valence-corrected chi connectivity index (χ2v) is 4.72. The summed E-state index contributed by atoms with van der Waals surface area (Å²) in [5.74, 6) is 0.441. The van der Waals surface area contributed by atoms with E-state index >= 15 is 0 Å². The second-order valence-electron chi connectivity index (χ2n) is 4.72. The molecular formula is C14H20N2O. The molecule has 0 saturated carbocycles. The van der Waals surface area contributed by atoms with E-state index in [1.165, 1.54) is 5.56 Å². The van der Waals surface area contributed by atoms with Crippen molar-refractivity contribution in [1.82, 2.24) is 4.90 Å². The van der Waals surface area contributed by atoms with Crippen LogP contribution in [0, 0.1) is 0 Å². The molecule has 2 rings (SSSR count). The number of carbonyl (C=O) groups is 1. The van der Waals surface area contributed by atoms with Crippen molar-refractivity contribution >= 4 is 5.91 Å². The normalized spacial score (nSPS) is 29.5. The van der Waals surface area contributed by atoms with Crippen LogP contribution in [0.4, 0.5) is 0 Å². The fourth-order valence-corrected chi connectivity index (χ4v) is 2.76. The molecule has 17 heavy (non-hydrogen) atoms. The molecule has 0 radical (unpaired) electrons. The lowest BCUT2D eigenvalue weighted by molar-refractivity contribution is -0.138. The number of hydrogen-bond acceptors (Lipinski definition) is 2. The maximum atomic E-state index is 11.9. The van der Waals surface area contributed by atoms with Gasteiger partial charge in [-0.05, 0) is 25.8 Å². The van der Waals surface area contributed by atoms with Gasteiger partial charge in [-0.3, -0.25) is 4.79 Å². The summed E-state index contributed by atoms with van der Waals surface area (Å²) in [7, 11) is 0. The minimum atomic E-state index is -0.351. The Labute approximate surface area is 103 Å². The third kappa shape index (κ3) is 2.20. The number of likely N-dealkylation sites (N-methyl/N-ethyl adjacent to an activating group) is 1. The van der Waals surface area contributed by atoms with E-state index in [1.807, 2.05) is 30.0 Å². The fourth-order valence-electron chi connectivity index (χ4n) is 2.76. The minimum absolute atomic E-state index is 0.0900. The highest BCUT2D eigenvalue weighted by Crippen LogP contribution is 2.32.